The highest BCUT2D eigenvalue weighted by Gasteiger charge is 2.27. The van der Waals surface area contributed by atoms with Crippen molar-refractivity contribution in [3.05, 3.63) is 82.1 Å². The van der Waals surface area contributed by atoms with Crippen LogP contribution in [0.4, 0.5) is 14.5 Å². The second kappa shape index (κ2) is 8.66. The fourth-order valence-electron chi connectivity index (χ4n) is 3.15. The van der Waals surface area contributed by atoms with Crippen LogP contribution >= 0.6 is 11.6 Å². The maximum Gasteiger partial charge on any atom is 0.275 e. The first-order chi connectivity index (χ1) is 14.5. The molecule has 1 saturated heterocycles. The van der Waals surface area contributed by atoms with Crippen molar-refractivity contribution in [1.82, 2.24) is 9.78 Å². The number of ether oxygens (including phenoxy) is 1. The molecule has 8 heteroatoms. The van der Waals surface area contributed by atoms with E-state index in [1.807, 2.05) is 18.2 Å². The molecular weight excluding hydrogens is 412 g/mol. The Morgan fingerprint density at radius 3 is 2.53 bits per heavy atom. The summed E-state index contributed by atoms with van der Waals surface area (Å²) in [5, 5.41) is 6.46. The molecule has 0 aliphatic carbocycles. The lowest BCUT2D eigenvalue weighted by Gasteiger charge is -2.14. The smallest absolute Gasteiger partial charge is 0.275 e. The third kappa shape index (κ3) is 4.20. The van der Waals surface area contributed by atoms with E-state index in [1.165, 1.54) is 10.9 Å². The number of amides is 1. The van der Waals surface area contributed by atoms with Crippen molar-refractivity contribution in [1.29, 1.82) is 0 Å². The first-order valence-corrected chi connectivity index (χ1v) is 9.59. The molecule has 4 rings (SSSR count). The summed E-state index contributed by atoms with van der Waals surface area (Å²) in [5.74, 6) is 2.91. The summed E-state index contributed by atoms with van der Waals surface area (Å²) >= 11 is 6.10. The van der Waals surface area contributed by atoms with E-state index < -0.39 is 23.2 Å². The fourth-order valence-corrected chi connectivity index (χ4v) is 3.36. The third-order valence-corrected chi connectivity index (χ3v) is 4.90. The standard InChI is InChI=1S/C22H16ClF2N3O2/c23-17-12-26-28(16-8-9-30-13-16)21(17)22(29)27-20-18(24)10-15(11-19(20)25)7-6-14-4-2-1-3-5-14/h1-5,10-12,16H,8-9,13H2,(H,27,29)/t16-/m0/s1. The van der Waals surface area contributed by atoms with Gasteiger partial charge in [-0.2, -0.15) is 5.10 Å². The summed E-state index contributed by atoms with van der Waals surface area (Å²) in [4.78, 5) is 12.7. The lowest BCUT2D eigenvalue weighted by Crippen LogP contribution is -2.22. The Labute approximate surface area is 176 Å². The van der Waals surface area contributed by atoms with Crippen molar-refractivity contribution in [3.63, 3.8) is 0 Å². The van der Waals surface area contributed by atoms with Crippen LogP contribution in [0.1, 0.15) is 34.1 Å². The molecule has 0 saturated carbocycles. The van der Waals surface area contributed by atoms with Gasteiger partial charge in [-0.3, -0.25) is 9.48 Å². The number of rotatable bonds is 3. The Morgan fingerprint density at radius 1 is 1.17 bits per heavy atom. The van der Waals surface area contributed by atoms with Crippen LogP contribution in [0.3, 0.4) is 0 Å². The Kier molecular flexibility index (Phi) is 5.79. The molecule has 0 spiro atoms. The Balaban J connectivity index is 1.58. The van der Waals surface area contributed by atoms with Gasteiger partial charge in [0.2, 0.25) is 0 Å². The van der Waals surface area contributed by atoms with Crippen LogP contribution in [0.5, 0.6) is 0 Å². The molecule has 5 nitrogen and oxygen atoms in total. The van der Waals surface area contributed by atoms with Gasteiger partial charge in [-0.1, -0.05) is 41.6 Å². The second-order valence-corrected chi connectivity index (χ2v) is 7.10. The zero-order valence-corrected chi connectivity index (χ0v) is 16.4. The third-order valence-electron chi connectivity index (χ3n) is 4.62. The Bertz CT molecular complexity index is 1120. The normalized spacial score (nSPS) is 15.5. The van der Waals surface area contributed by atoms with Crippen LogP contribution in [0.25, 0.3) is 0 Å². The zero-order valence-electron chi connectivity index (χ0n) is 15.7. The van der Waals surface area contributed by atoms with Crippen molar-refractivity contribution < 1.29 is 18.3 Å². The summed E-state index contributed by atoms with van der Waals surface area (Å²) in [6.45, 7) is 0.924. The number of benzene rings is 2. The summed E-state index contributed by atoms with van der Waals surface area (Å²) in [6, 6.07) is 11.0. The SMILES string of the molecule is O=C(Nc1c(F)cc(C#Cc2ccccc2)cc1F)c1c(Cl)cnn1[C@H]1CCOC1. The quantitative estimate of drug-likeness (QED) is 0.629. The summed E-state index contributed by atoms with van der Waals surface area (Å²) in [5.41, 5.74) is 0.322. The minimum Gasteiger partial charge on any atom is -0.379 e. The molecule has 3 aromatic rings. The van der Waals surface area contributed by atoms with Gasteiger partial charge in [-0.15, -0.1) is 0 Å². The van der Waals surface area contributed by atoms with E-state index in [2.05, 4.69) is 22.3 Å². The van der Waals surface area contributed by atoms with E-state index in [0.717, 1.165) is 17.7 Å². The molecule has 2 heterocycles. The van der Waals surface area contributed by atoms with E-state index in [1.54, 1.807) is 12.1 Å². The maximum absolute atomic E-state index is 14.5. The van der Waals surface area contributed by atoms with E-state index in [0.29, 0.717) is 19.6 Å². The predicted molar refractivity (Wildman–Crippen MR) is 108 cm³/mol. The largest absolute Gasteiger partial charge is 0.379 e. The molecule has 30 heavy (non-hydrogen) atoms. The molecule has 0 unspecified atom stereocenters. The van der Waals surface area contributed by atoms with Crippen LogP contribution in [0.15, 0.2) is 48.7 Å². The van der Waals surface area contributed by atoms with Crippen LogP contribution in [0, 0.1) is 23.5 Å². The monoisotopic (exact) mass is 427 g/mol. The number of carbonyl (C=O) groups excluding carboxylic acids is 1. The number of aromatic nitrogens is 2. The lowest BCUT2D eigenvalue weighted by atomic mass is 10.1. The number of halogens is 3. The highest BCUT2D eigenvalue weighted by molar-refractivity contribution is 6.34. The highest BCUT2D eigenvalue weighted by atomic mass is 35.5. The van der Waals surface area contributed by atoms with Gasteiger partial charge in [0.15, 0.2) is 11.6 Å². The van der Waals surface area contributed by atoms with Crippen molar-refractivity contribution in [2.45, 2.75) is 12.5 Å². The molecule has 1 fully saturated rings. The van der Waals surface area contributed by atoms with Gasteiger partial charge in [-0.05, 0) is 30.7 Å². The Morgan fingerprint density at radius 2 is 1.87 bits per heavy atom. The summed E-state index contributed by atoms with van der Waals surface area (Å²) in [7, 11) is 0. The second-order valence-electron chi connectivity index (χ2n) is 6.69. The summed E-state index contributed by atoms with van der Waals surface area (Å²) in [6.07, 6.45) is 1.99. The van der Waals surface area contributed by atoms with Gasteiger partial charge < -0.3 is 10.1 Å². The molecule has 1 amide bonds. The number of nitrogens with one attached hydrogen (secondary N) is 1. The first-order valence-electron chi connectivity index (χ1n) is 9.21. The number of hydrogen-bond donors (Lipinski definition) is 1. The van der Waals surface area contributed by atoms with Gasteiger partial charge in [0.1, 0.15) is 11.4 Å². The molecule has 1 atom stereocenters. The molecule has 1 N–H and O–H groups in total. The van der Waals surface area contributed by atoms with Crippen molar-refractivity contribution in [3.8, 4) is 11.8 Å². The molecule has 1 aliphatic rings. The molecule has 152 valence electrons. The van der Waals surface area contributed by atoms with Crippen molar-refractivity contribution in [2.75, 3.05) is 18.5 Å². The maximum atomic E-state index is 14.5. The van der Waals surface area contributed by atoms with E-state index in [4.69, 9.17) is 16.3 Å². The average Bonchev–Trinajstić information content (AvgIpc) is 3.39. The number of anilines is 1. The zero-order chi connectivity index (χ0) is 21.1. The number of carbonyl (C=O) groups is 1. The van der Waals surface area contributed by atoms with E-state index in [9.17, 15) is 13.6 Å². The number of hydrogen-bond acceptors (Lipinski definition) is 3. The van der Waals surface area contributed by atoms with Crippen molar-refractivity contribution >= 4 is 23.2 Å². The molecular formula is C22H16ClF2N3O2. The van der Waals surface area contributed by atoms with Gasteiger partial charge in [0.05, 0.1) is 23.9 Å². The molecule has 1 aromatic heterocycles. The Hall–Kier alpha value is -3.21. The van der Waals surface area contributed by atoms with Crippen LogP contribution < -0.4 is 5.32 Å². The van der Waals surface area contributed by atoms with Crippen LogP contribution in [-0.4, -0.2) is 28.9 Å². The number of nitrogens with zero attached hydrogens (tertiary/aromatic N) is 2. The van der Waals surface area contributed by atoms with E-state index in [-0.39, 0.29) is 22.3 Å². The van der Waals surface area contributed by atoms with E-state index >= 15 is 0 Å². The molecule has 2 aromatic carbocycles. The minimum atomic E-state index is -0.938. The minimum absolute atomic E-state index is 0.0268. The van der Waals surface area contributed by atoms with Gasteiger partial charge in [-0.25, -0.2) is 8.78 Å². The fraction of sp³-hybridized carbons (Fsp3) is 0.182. The van der Waals surface area contributed by atoms with Gasteiger partial charge in [0, 0.05) is 17.7 Å². The summed E-state index contributed by atoms with van der Waals surface area (Å²) < 4.78 is 35.8. The van der Waals surface area contributed by atoms with Crippen LogP contribution in [0.2, 0.25) is 5.02 Å². The van der Waals surface area contributed by atoms with Crippen molar-refractivity contribution in [2.24, 2.45) is 0 Å². The lowest BCUT2D eigenvalue weighted by molar-refractivity contribution is 0.101. The van der Waals surface area contributed by atoms with Crippen LogP contribution in [-0.2, 0) is 4.74 Å². The average molecular weight is 428 g/mol. The predicted octanol–water partition coefficient (Wildman–Crippen LogP) is 4.43. The van der Waals surface area contributed by atoms with Gasteiger partial charge in [0.25, 0.3) is 5.91 Å². The van der Waals surface area contributed by atoms with Gasteiger partial charge >= 0.3 is 0 Å². The topological polar surface area (TPSA) is 56.2 Å². The molecule has 0 radical (unpaired) electrons. The molecule has 1 aliphatic heterocycles. The highest BCUT2D eigenvalue weighted by Crippen LogP contribution is 2.27. The molecule has 0 bridgehead atoms. The first kappa shape index (κ1) is 20.1.